The van der Waals surface area contributed by atoms with Gasteiger partial charge in [-0.3, -0.25) is 0 Å². The maximum atomic E-state index is 11.7. The van der Waals surface area contributed by atoms with Crippen LogP contribution < -0.4 is 15.1 Å². The van der Waals surface area contributed by atoms with Gasteiger partial charge in [0.25, 0.3) is 0 Å². The number of hydrogen-bond donors (Lipinski definition) is 3. The Bertz CT molecular complexity index is 706. The van der Waals surface area contributed by atoms with Crippen molar-refractivity contribution in [3.63, 3.8) is 0 Å². The van der Waals surface area contributed by atoms with Gasteiger partial charge in [-0.15, -0.1) is 0 Å². The monoisotopic (exact) mass is 348 g/mol. The summed E-state index contributed by atoms with van der Waals surface area (Å²) in [6, 6.07) is 6.73. The van der Waals surface area contributed by atoms with E-state index in [0.29, 0.717) is 21.4 Å². The number of hydrogen-bond acceptors (Lipinski definition) is 4. The molecule has 108 valence electrons. The van der Waals surface area contributed by atoms with Crippen molar-refractivity contribution in [2.75, 3.05) is 12.4 Å². The third-order valence-electron chi connectivity index (χ3n) is 2.65. The molecule has 2 rings (SSSR count). The summed E-state index contributed by atoms with van der Waals surface area (Å²) in [5.41, 5.74) is 1.87. The number of nitrogens with zero attached hydrogens (tertiary/aromatic N) is 2. The van der Waals surface area contributed by atoms with Gasteiger partial charge in [-0.25, -0.2) is 0 Å². The second kappa shape index (κ2) is 6.37. The summed E-state index contributed by atoms with van der Waals surface area (Å²) in [4.78, 5) is 30.9. The van der Waals surface area contributed by atoms with Gasteiger partial charge in [0.05, 0.1) is 0 Å². The molecule has 0 fully saturated rings. The molecule has 0 bridgehead atoms. The number of nitrogens with one attached hydrogen (secondary N) is 2. The molecule has 0 saturated carbocycles. The fraction of sp³-hybridized carbons (Fsp3) is 0.0769. The number of anilines is 1. The van der Waals surface area contributed by atoms with Crippen LogP contribution in [0.25, 0.3) is 11.3 Å². The van der Waals surface area contributed by atoms with Crippen molar-refractivity contribution in [3.05, 3.63) is 36.2 Å². The van der Waals surface area contributed by atoms with Crippen LogP contribution in [0.15, 0.2) is 30.5 Å². The van der Waals surface area contributed by atoms with E-state index in [4.69, 9.17) is 5.11 Å². The molecule has 1 aromatic carbocycles. The SMILES string of the molecule is CNC(=O)c1nc(-c2cccc(NC(=O)O)c2)cnc1[AsH2]. The van der Waals surface area contributed by atoms with Crippen molar-refractivity contribution in [1.82, 2.24) is 15.3 Å². The number of aromatic nitrogens is 2. The van der Waals surface area contributed by atoms with Gasteiger partial charge in [0, 0.05) is 0 Å². The predicted octanol–water partition coefficient (Wildman–Crippen LogP) is -0.149. The Balaban J connectivity index is 2.42. The van der Waals surface area contributed by atoms with Gasteiger partial charge in [0.15, 0.2) is 0 Å². The molecule has 8 heteroatoms. The first-order chi connectivity index (χ1) is 10.0. The van der Waals surface area contributed by atoms with E-state index in [1.54, 1.807) is 30.5 Å². The molecule has 1 heterocycles. The van der Waals surface area contributed by atoms with Crippen molar-refractivity contribution in [1.29, 1.82) is 0 Å². The van der Waals surface area contributed by atoms with Crippen LogP contribution in [0.1, 0.15) is 10.5 Å². The molecule has 0 aliphatic rings. The van der Waals surface area contributed by atoms with E-state index in [2.05, 4.69) is 20.6 Å². The average Bonchev–Trinajstić information content (AvgIpc) is 2.46. The van der Waals surface area contributed by atoms with Gasteiger partial charge in [0.1, 0.15) is 0 Å². The second-order valence-corrected chi connectivity index (χ2v) is 5.23. The average molecular weight is 348 g/mol. The Labute approximate surface area is 129 Å². The number of carbonyl (C=O) groups is 2. The summed E-state index contributed by atoms with van der Waals surface area (Å²) >= 11 is 1.21. The molecule has 0 aliphatic heterocycles. The van der Waals surface area contributed by atoms with E-state index < -0.39 is 6.09 Å². The summed E-state index contributed by atoms with van der Waals surface area (Å²) in [5.74, 6) is -0.302. The van der Waals surface area contributed by atoms with E-state index in [1.165, 1.54) is 23.9 Å². The number of benzene rings is 1. The molecular formula is C13H13AsN4O3. The zero-order valence-corrected chi connectivity index (χ0v) is 13.5. The molecule has 1 atom stereocenters. The number of amides is 2. The Morgan fingerprint density at radius 3 is 2.76 bits per heavy atom. The zero-order valence-electron chi connectivity index (χ0n) is 11.1. The number of carbonyl (C=O) groups excluding carboxylic acids is 1. The third-order valence-corrected chi connectivity index (χ3v) is 3.54. The van der Waals surface area contributed by atoms with Gasteiger partial charge in [-0.05, 0) is 0 Å². The normalized spacial score (nSPS) is 10.0. The van der Waals surface area contributed by atoms with Crippen LogP contribution in [0.3, 0.4) is 0 Å². The molecule has 2 aromatic rings. The Morgan fingerprint density at radius 2 is 2.10 bits per heavy atom. The Hall–Kier alpha value is -2.40. The topological polar surface area (TPSA) is 104 Å². The molecule has 0 radical (unpaired) electrons. The van der Waals surface area contributed by atoms with Crippen LogP contribution >= 0.6 is 0 Å². The number of carboxylic acid groups (broad SMARTS) is 1. The summed E-state index contributed by atoms with van der Waals surface area (Å²) in [7, 11) is 1.53. The van der Waals surface area contributed by atoms with Gasteiger partial charge in [0.2, 0.25) is 0 Å². The quantitative estimate of drug-likeness (QED) is 0.670. The van der Waals surface area contributed by atoms with Crippen LogP contribution in [0.2, 0.25) is 0 Å². The molecular weight excluding hydrogens is 335 g/mol. The Kier molecular flexibility index (Phi) is 4.55. The van der Waals surface area contributed by atoms with Crippen LogP contribution in [0, 0.1) is 0 Å². The van der Waals surface area contributed by atoms with E-state index in [1.807, 2.05) is 0 Å². The zero-order chi connectivity index (χ0) is 15.4. The van der Waals surface area contributed by atoms with Crippen LogP contribution in [-0.2, 0) is 0 Å². The van der Waals surface area contributed by atoms with E-state index in [0.717, 1.165) is 0 Å². The molecule has 0 aliphatic carbocycles. The molecule has 3 N–H and O–H groups in total. The summed E-state index contributed by atoms with van der Waals surface area (Å²) < 4.78 is 0.588. The van der Waals surface area contributed by atoms with Gasteiger partial charge >= 0.3 is 129 Å². The minimum atomic E-state index is -1.14. The first kappa shape index (κ1) is 15.0. The van der Waals surface area contributed by atoms with Gasteiger partial charge in [-0.2, -0.15) is 0 Å². The third kappa shape index (κ3) is 3.58. The fourth-order valence-corrected chi connectivity index (χ4v) is 2.27. The Morgan fingerprint density at radius 1 is 1.33 bits per heavy atom. The minimum absolute atomic E-state index is 0.270. The maximum absolute atomic E-state index is 11.7. The summed E-state index contributed by atoms with van der Waals surface area (Å²) in [6.07, 6.45) is 0.416. The fourth-order valence-electron chi connectivity index (χ4n) is 1.70. The summed E-state index contributed by atoms with van der Waals surface area (Å²) in [5, 5.41) is 13.5. The molecule has 7 nitrogen and oxygen atoms in total. The van der Waals surface area contributed by atoms with Crippen molar-refractivity contribution in [2.45, 2.75) is 0 Å². The molecule has 1 unspecified atom stereocenters. The van der Waals surface area contributed by atoms with E-state index in [-0.39, 0.29) is 11.6 Å². The van der Waals surface area contributed by atoms with Crippen LogP contribution in [-0.4, -0.2) is 51.0 Å². The van der Waals surface area contributed by atoms with Crippen molar-refractivity contribution in [3.8, 4) is 11.3 Å². The van der Waals surface area contributed by atoms with Crippen LogP contribution in [0.4, 0.5) is 10.5 Å². The van der Waals surface area contributed by atoms with Crippen molar-refractivity contribution < 1.29 is 14.7 Å². The predicted molar refractivity (Wildman–Crippen MR) is 80.7 cm³/mol. The van der Waals surface area contributed by atoms with E-state index in [9.17, 15) is 9.59 Å². The number of rotatable bonds is 3. The molecule has 0 spiro atoms. The molecule has 21 heavy (non-hydrogen) atoms. The molecule has 0 saturated heterocycles. The van der Waals surface area contributed by atoms with Gasteiger partial charge < -0.3 is 0 Å². The van der Waals surface area contributed by atoms with E-state index >= 15 is 0 Å². The van der Waals surface area contributed by atoms with Gasteiger partial charge in [-0.1, -0.05) is 0 Å². The van der Waals surface area contributed by atoms with Crippen LogP contribution in [0.5, 0.6) is 0 Å². The van der Waals surface area contributed by atoms with Crippen molar-refractivity contribution >= 4 is 39.0 Å². The van der Waals surface area contributed by atoms with Crippen molar-refractivity contribution in [2.24, 2.45) is 0 Å². The first-order valence-corrected chi connectivity index (χ1v) is 7.17. The first-order valence-electron chi connectivity index (χ1n) is 5.96. The standard InChI is InChI=1S/C13H13AsN4O3/c1-15-12(19)10-11(14)16-6-9(18-10)7-3-2-4-8(5-7)17-13(20)21/h2-6,17H,14H2,1H3,(H,15,19)(H,20,21). The molecule has 1 aromatic heterocycles. The molecule has 2 amide bonds. The second-order valence-electron chi connectivity index (χ2n) is 4.08. The summed E-state index contributed by atoms with van der Waals surface area (Å²) in [6.45, 7) is 0.